The van der Waals surface area contributed by atoms with Gasteiger partial charge in [0.15, 0.2) is 0 Å². The summed E-state index contributed by atoms with van der Waals surface area (Å²) in [4.78, 5) is 13.6. The van der Waals surface area contributed by atoms with E-state index in [1.54, 1.807) is 24.1 Å². The molecule has 0 bridgehead atoms. The van der Waals surface area contributed by atoms with Crippen LogP contribution >= 0.6 is 11.6 Å². The van der Waals surface area contributed by atoms with Crippen LogP contribution in [0.5, 0.6) is 0 Å². The van der Waals surface area contributed by atoms with Gasteiger partial charge in [-0.15, -0.1) is 0 Å². The van der Waals surface area contributed by atoms with Crippen LogP contribution in [0.25, 0.3) is 0 Å². The summed E-state index contributed by atoms with van der Waals surface area (Å²) in [7, 11) is 1.68. The second-order valence-electron chi connectivity index (χ2n) is 4.93. The number of carbonyl (C=O) groups is 1. The average Bonchev–Trinajstić information content (AvgIpc) is 2.49. The van der Waals surface area contributed by atoms with Gasteiger partial charge in [0.2, 0.25) is 5.91 Å². The minimum absolute atomic E-state index is 0.0447. The van der Waals surface area contributed by atoms with Crippen LogP contribution in [0, 0.1) is 0 Å². The fourth-order valence-corrected chi connectivity index (χ4v) is 2.21. The fourth-order valence-electron chi connectivity index (χ4n) is 2.04. The standard InChI is InChI=1S/C16H14ClF3N2O/c1-22(12-5-3-2-4-6-12)10-15(23)21-14-8-7-11(17)9-13(14)16(18,19)20/h2-9H,10H2,1H3,(H,21,23). The molecule has 0 heterocycles. The van der Waals surface area contributed by atoms with Crippen LogP contribution in [0.1, 0.15) is 5.56 Å². The number of amides is 1. The Balaban J connectivity index is 2.12. The van der Waals surface area contributed by atoms with Crippen LogP contribution in [-0.2, 0) is 11.0 Å². The minimum Gasteiger partial charge on any atom is -0.365 e. The minimum atomic E-state index is -4.60. The number of hydrogen-bond donors (Lipinski definition) is 1. The summed E-state index contributed by atoms with van der Waals surface area (Å²) in [6.45, 7) is -0.0794. The van der Waals surface area contributed by atoms with Gasteiger partial charge in [-0.3, -0.25) is 4.79 Å². The van der Waals surface area contributed by atoms with Gasteiger partial charge < -0.3 is 10.2 Å². The van der Waals surface area contributed by atoms with Gasteiger partial charge in [-0.25, -0.2) is 0 Å². The molecule has 0 aliphatic carbocycles. The first-order valence-corrected chi connectivity index (χ1v) is 7.08. The number of anilines is 2. The summed E-state index contributed by atoms with van der Waals surface area (Å²) in [5.74, 6) is -0.552. The largest absolute Gasteiger partial charge is 0.418 e. The highest BCUT2D eigenvalue weighted by Gasteiger charge is 2.34. The molecule has 0 saturated carbocycles. The quantitative estimate of drug-likeness (QED) is 0.891. The number of nitrogens with one attached hydrogen (secondary N) is 1. The van der Waals surface area contributed by atoms with E-state index in [0.717, 1.165) is 17.8 Å². The number of benzene rings is 2. The lowest BCUT2D eigenvalue weighted by Gasteiger charge is -2.20. The smallest absolute Gasteiger partial charge is 0.365 e. The van der Waals surface area contributed by atoms with Gasteiger partial charge >= 0.3 is 6.18 Å². The monoisotopic (exact) mass is 342 g/mol. The zero-order valence-electron chi connectivity index (χ0n) is 12.2. The van der Waals surface area contributed by atoms with Gasteiger partial charge in [0.25, 0.3) is 0 Å². The Morgan fingerprint density at radius 1 is 1.17 bits per heavy atom. The molecule has 0 radical (unpaired) electrons. The predicted molar refractivity (Wildman–Crippen MR) is 84.8 cm³/mol. The van der Waals surface area contributed by atoms with Crippen molar-refractivity contribution in [3.8, 4) is 0 Å². The first kappa shape index (κ1) is 17.1. The second kappa shape index (κ2) is 6.91. The molecular weight excluding hydrogens is 329 g/mol. The molecule has 122 valence electrons. The Bertz CT molecular complexity index is 689. The molecule has 0 aliphatic heterocycles. The van der Waals surface area contributed by atoms with E-state index in [1.807, 2.05) is 18.2 Å². The van der Waals surface area contributed by atoms with Crippen molar-refractivity contribution in [3.05, 3.63) is 59.1 Å². The number of para-hydroxylation sites is 1. The number of likely N-dealkylation sites (N-methyl/N-ethyl adjacent to an activating group) is 1. The van der Waals surface area contributed by atoms with Crippen molar-refractivity contribution in [1.82, 2.24) is 0 Å². The highest BCUT2D eigenvalue weighted by Crippen LogP contribution is 2.36. The molecule has 7 heteroatoms. The van der Waals surface area contributed by atoms with Crippen molar-refractivity contribution >= 4 is 28.9 Å². The molecule has 0 spiro atoms. The van der Waals surface area contributed by atoms with E-state index in [2.05, 4.69) is 5.32 Å². The van der Waals surface area contributed by atoms with Crippen molar-refractivity contribution in [2.45, 2.75) is 6.18 Å². The van der Waals surface area contributed by atoms with Crippen molar-refractivity contribution in [2.75, 3.05) is 23.8 Å². The Hall–Kier alpha value is -2.21. The first-order chi connectivity index (χ1) is 10.8. The lowest BCUT2D eigenvalue weighted by Crippen LogP contribution is -2.30. The Kier molecular flexibility index (Phi) is 5.15. The molecule has 0 saturated heterocycles. The van der Waals surface area contributed by atoms with Crippen molar-refractivity contribution < 1.29 is 18.0 Å². The highest BCUT2D eigenvalue weighted by molar-refractivity contribution is 6.30. The molecule has 2 rings (SSSR count). The zero-order valence-corrected chi connectivity index (χ0v) is 12.9. The van der Waals surface area contributed by atoms with Gasteiger partial charge in [0.1, 0.15) is 0 Å². The summed E-state index contributed by atoms with van der Waals surface area (Å²) in [5.41, 5.74) is -0.496. The summed E-state index contributed by atoms with van der Waals surface area (Å²) >= 11 is 5.60. The van der Waals surface area contributed by atoms with Crippen LogP contribution in [-0.4, -0.2) is 19.5 Å². The number of halogens is 4. The predicted octanol–water partition coefficient (Wildman–Crippen LogP) is 4.43. The number of hydrogen-bond acceptors (Lipinski definition) is 2. The lowest BCUT2D eigenvalue weighted by atomic mass is 10.1. The third kappa shape index (κ3) is 4.63. The molecule has 0 fully saturated rings. The third-order valence-corrected chi connectivity index (χ3v) is 3.37. The van der Waals surface area contributed by atoms with E-state index in [4.69, 9.17) is 11.6 Å². The van der Waals surface area contributed by atoms with E-state index >= 15 is 0 Å². The number of alkyl halides is 3. The van der Waals surface area contributed by atoms with E-state index < -0.39 is 17.6 Å². The van der Waals surface area contributed by atoms with Crippen LogP contribution in [0.3, 0.4) is 0 Å². The maximum absolute atomic E-state index is 13.0. The zero-order chi connectivity index (χ0) is 17.0. The topological polar surface area (TPSA) is 32.3 Å². The molecule has 2 aromatic carbocycles. The van der Waals surface area contributed by atoms with Crippen LogP contribution < -0.4 is 10.2 Å². The molecule has 0 aliphatic rings. The van der Waals surface area contributed by atoms with E-state index in [1.165, 1.54) is 6.07 Å². The molecule has 23 heavy (non-hydrogen) atoms. The average molecular weight is 343 g/mol. The Morgan fingerprint density at radius 3 is 2.43 bits per heavy atom. The van der Waals surface area contributed by atoms with Crippen molar-refractivity contribution in [3.63, 3.8) is 0 Å². The molecular formula is C16H14ClF3N2O. The summed E-state index contributed by atoms with van der Waals surface area (Å²) < 4.78 is 39.0. The van der Waals surface area contributed by atoms with E-state index in [9.17, 15) is 18.0 Å². The fraction of sp³-hybridized carbons (Fsp3) is 0.188. The van der Waals surface area contributed by atoms with Gasteiger partial charge in [-0.1, -0.05) is 29.8 Å². The maximum atomic E-state index is 13.0. The third-order valence-electron chi connectivity index (χ3n) is 3.14. The van der Waals surface area contributed by atoms with Gasteiger partial charge in [-0.05, 0) is 30.3 Å². The molecule has 1 N–H and O–H groups in total. The maximum Gasteiger partial charge on any atom is 0.418 e. The molecule has 0 atom stereocenters. The molecule has 0 aromatic heterocycles. The molecule has 2 aromatic rings. The molecule has 1 amide bonds. The Labute approximate surface area is 136 Å². The molecule has 0 unspecified atom stereocenters. The summed E-state index contributed by atoms with van der Waals surface area (Å²) in [6, 6.07) is 12.3. The normalized spacial score (nSPS) is 11.2. The van der Waals surface area contributed by atoms with Gasteiger partial charge in [0, 0.05) is 17.8 Å². The van der Waals surface area contributed by atoms with Gasteiger partial charge in [0.05, 0.1) is 17.8 Å². The van der Waals surface area contributed by atoms with Crippen LogP contribution in [0.15, 0.2) is 48.5 Å². The van der Waals surface area contributed by atoms with E-state index in [0.29, 0.717) is 0 Å². The number of carbonyl (C=O) groups excluding carboxylic acids is 1. The summed E-state index contributed by atoms with van der Waals surface area (Å²) in [6.07, 6.45) is -4.60. The van der Waals surface area contributed by atoms with Crippen molar-refractivity contribution in [2.24, 2.45) is 0 Å². The SMILES string of the molecule is CN(CC(=O)Nc1ccc(Cl)cc1C(F)(F)F)c1ccccc1. The Morgan fingerprint density at radius 2 is 1.83 bits per heavy atom. The van der Waals surface area contributed by atoms with Crippen LogP contribution in [0.2, 0.25) is 5.02 Å². The lowest BCUT2D eigenvalue weighted by molar-refractivity contribution is -0.137. The first-order valence-electron chi connectivity index (χ1n) is 6.70. The number of rotatable bonds is 4. The second-order valence-corrected chi connectivity index (χ2v) is 5.36. The molecule has 3 nitrogen and oxygen atoms in total. The highest BCUT2D eigenvalue weighted by atomic mass is 35.5. The summed E-state index contributed by atoms with van der Waals surface area (Å²) in [5, 5.41) is 2.24. The van der Waals surface area contributed by atoms with Gasteiger partial charge in [-0.2, -0.15) is 13.2 Å². The number of nitrogens with zero attached hydrogens (tertiary/aromatic N) is 1. The van der Waals surface area contributed by atoms with Crippen LogP contribution in [0.4, 0.5) is 24.5 Å². The van der Waals surface area contributed by atoms with E-state index in [-0.39, 0.29) is 17.3 Å². The van der Waals surface area contributed by atoms with Crippen molar-refractivity contribution in [1.29, 1.82) is 0 Å².